The fourth-order valence-electron chi connectivity index (χ4n) is 2.09. The number of rotatable bonds is 3. The first-order valence-corrected chi connectivity index (χ1v) is 6.62. The second kappa shape index (κ2) is 5.59. The van der Waals surface area contributed by atoms with Gasteiger partial charge in [0.05, 0.1) is 11.1 Å². The van der Waals surface area contributed by atoms with Crippen molar-refractivity contribution in [2.75, 3.05) is 0 Å². The zero-order chi connectivity index (χ0) is 14.9. The van der Waals surface area contributed by atoms with Gasteiger partial charge in [-0.1, -0.05) is 11.6 Å². The van der Waals surface area contributed by atoms with Crippen LogP contribution in [-0.4, -0.2) is 11.0 Å². The molecule has 0 aliphatic rings. The summed E-state index contributed by atoms with van der Waals surface area (Å²) in [5.41, 5.74) is 1.35. The van der Waals surface area contributed by atoms with Gasteiger partial charge in [-0.25, -0.2) is 0 Å². The summed E-state index contributed by atoms with van der Waals surface area (Å²) < 4.78 is 5.45. The smallest absolute Gasteiger partial charge is 0.251 e. The third-order valence-electron chi connectivity index (χ3n) is 3.10. The number of carbonyl (C=O) groups excluding carboxylic acids is 1. The van der Waals surface area contributed by atoms with Crippen molar-refractivity contribution >= 4 is 17.5 Å². The maximum Gasteiger partial charge on any atom is 0.251 e. The molecule has 0 bridgehead atoms. The molecule has 0 fully saturated rings. The number of furan rings is 1. The van der Waals surface area contributed by atoms with E-state index >= 15 is 0 Å². The van der Waals surface area contributed by atoms with Gasteiger partial charge < -0.3 is 14.8 Å². The van der Waals surface area contributed by atoms with Crippen LogP contribution in [0.2, 0.25) is 5.02 Å². The molecule has 2 aromatic rings. The Morgan fingerprint density at radius 1 is 1.35 bits per heavy atom. The molecule has 2 N–H and O–H groups in total. The lowest BCUT2D eigenvalue weighted by atomic mass is 10.1. The van der Waals surface area contributed by atoms with Crippen LogP contribution in [0.3, 0.4) is 0 Å². The minimum absolute atomic E-state index is 0.0439. The summed E-state index contributed by atoms with van der Waals surface area (Å²) in [6, 6.07) is 6.09. The molecule has 2 rings (SSSR count). The van der Waals surface area contributed by atoms with Crippen molar-refractivity contribution in [2.45, 2.75) is 26.8 Å². The number of phenols is 1. The van der Waals surface area contributed by atoms with Gasteiger partial charge in [-0.2, -0.15) is 0 Å². The molecule has 1 aromatic carbocycles. The highest BCUT2D eigenvalue weighted by Gasteiger charge is 2.16. The minimum Gasteiger partial charge on any atom is -0.506 e. The lowest BCUT2D eigenvalue weighted by Crippen LogP contribution is -2.26. The number of halogens is 1. The third-order valence-corrected chi connectivity index (χ3v) is 3.41. The van der Waals surface area contributed by atoms with Gasteiger partial charge in [0.1, 0.15) is 17.3 Å². The van der Waals surface area contributed by atoms with Crippen molar-refractivity contribution in [3.8, 4) is 5.75 Å². The molecule has 106 valence electrons. The van der Waals surface area contributed by atoms with E-state index in [1.807, 2.05) is 26.8 Å². The van der Waals surface area contributed by atoms with Crippen molar-refractivity contribution in [3.63, 3.8) is 0 Å². The fraction of sp³-hybridized carbons (Fsp3) is 0.267. The Morgan fingerprint density at radius 3 is 2.60 bits per heavy atom. The van der Waals surface area contributed by atoms with Crippen LogP contribution in [0.4, 0.5) is 0 Å². The lowest BCUT2D eigenvalue weighted by Gasteiger charge is -2.13. The second-order valence-electron chi connectivity index (χ2n) is 4.73. The van der Waals surface area contributed by atoms with Crippen LogP contribution >= 0.6 is 11.6 Å². The fourth-order valence-corrected chi connectivity index (χ4v) is 2.27. The van der Waals surface area contributed by atoms with Crippen LogP contribution < -0.4 is 5.32 Å². The summed E-state index contributed by atoms with van der Waals surface area (Å²) in [5.74, 6) is 1.31. The summed E-state index contributed by atoms with van der Waals surface area (Å²) in [6.07, 6.45) is 0. The topological polar surface area (TPSA) is 62.5 Å². The van der Waals surface area contributed by atoms with Gasteiger partial charge in [-0.15, -0.1) is 0 Å². The summed E-state index contributed by atoms with van der Waals surface area (Å²) in [4.78, 5) is 12.1. The van der Waals surface area contributed by atoms with E-state index in [0.29, 0.717) is 5.56 Å². The predicted molar refractivity (Wildman–Crippen MR) is 77.2 cm³/mol. The van der Waals surface area contributed by atoms with E-state index in [1.54, 1.807) is 0 Å². The molecule has 0 radical (unpaired) electrons. The number of carbonyl (C=O) groups is 1. The molecule has 0 spiro atoms. The lowest BCUT2D eigenvalue weighted by molar-refractivity contribution is 0.0939. The SMILES string of the molecule is Cc1cc(C(C)NC(=O)c2ccc(O)c(Cl)c2)c(C)o1. The van der Waals surface area contributed by atoms with E-state index in [0.717, 1.165) is 17.1 Å². The van der Waals surface area contributed by atoms with Gasteiger partial charge in [0.25, 0.3) is 5.91 Å². The molecule has 0 aliphatic heterocycles. The molecule has 5 heteroatoms. The largest absolute Gasteiger partial charge is 0.506 e. The standard InChI is InChI=1S/C15H16ClNO3/c1-8-6-12(10(3)20-8)9(2)17-15(19)11-4-5-14(18)13(16)7-11/h4-7,9,18H,1-3H3,(H,17,19). The Morgan fingerprint density at radius 2 is 2.05 bits per heavy atom. The predicted octanol–water partition coefficient (Wildman–Crippen LogP) is 3.75. The van der Waals surface area contributed by atoms with Crippen molar-refractivity contribution in [3.05, 3.63) is 51.9 Å². The first-order valence-electron chi connectivity index (χ1n) is 6.25. The van der Waals surface area contributed by atoms with E-state index in [2.05, 4.69) is 5.32 Å². The molecule has 1 unspecified atom stereocenters. The van der Waals surface area contributed by atoms with Gasteiger partial charge in [0.2, 0.25) is 0 Å². The van der Waals surface area contributed by atoms with Crippen molar-refractivity contribution in [1.29, 1.82) is 0 Å². The molecular formula is C15H16ClNO3. The van der Waals surface area contributed by atoms with Gasteiger partial charge in [0, 0.05) is 11.1 Å². The summed E-state index contributed by atoms with van der Waals surface area (Å²) >= 11 is 5.80. The minimum atomic E-state index is -0.252. The molecular weight excluding hydrogens is 278 g/mol. The number of hydrogen-bond acceptors (Lipinski definition) is 3. The maximum atomic E-state index is 12.1. The third kappa shape index (κ3) is 2.96. The van der Waals surface area contributed by atoms with Gasteiger partial charge >= 0.3 is 0 Å². The number of aromatic hydroxyl groups is 1. The quantitative estimate of drug-likeness (QED) is 0.906. The molecule has 1 atom stereocenters. The molecule has 1 amide bonds. The highest BCUT2D eigenvalue weighted by molar-refractivity contribution is 6.32. The molecule has 1 aromatic heterocycles. The first-order chi connectivity index (χ1) is 9.38. The molecule has 1 heterocycles. The Labute approximate surface area is 122 Å². The Balaban J connectivity index is 2.15. The number of nitrogens with one attached hydrogen (secondary N) is 1. The van der Waals surface area contributed by atoms with E-state index in [1.165, 1.54) is 18.2 Å². The monoisotopic (exact) mass is 293 g/mol. The van der Waals surface area contributed by atoms with E-state index in [9.17, 15) is 9.90 Å². The Kier molecular flexibility index (Phi) is 4.04. The van der Waals surface area contributed by atoms with Crippen molar-refractivity contribution < 1.29 is 14.3 Å². The molecule has 0 saturated carbocycles. The van der Waals surface area contributed by atoms with Crippen LogP contribution in [0.5, 0.6) is 5.75 Å². The Bertz CT molecular complexity index is 649. The summed E-state index contributed by atoms with van der Waals surface area (Å²) in [5, 5.41) is 12.4. The number of benzene rings is 1. The maximum absolute atomic E-state index is 12.1. The number of phenolic OH excluding ortho intramolecular Hbond substituents is 1. The van der Waals surface area contributed by atoms with E-state index < -0.39 is 0 Å². The number of amides is 1. The average molecular weight is 294 g/mol. The van der Waals surface area contributed by atoms with Crippen LogP contribution in [0, 0.1) is 13.8 Å². The average Bonchev–Trinajstić information content (AvgIpc) is 2.71. The van der Waals surface area contributed by atoms with Gasteiger partial charge in [-0.3, -0.25) is 4.79 Å². The second-order valence-corrected chi connectivity index (χ2v) is 5.14. The normalized spacial score (nSPS) is 12.2. The van der Waals surface area contributed by atoms with Gasteiger partial charge in [0.15, 0.2) is 0 Å². The Hall–Kier alpha value is -1.94. The zero-order valence-corrected chi connectivity index (χ0v) is 12.3. The zero-order valence-electron chi connectivity index (χ0n) is 11.5. The molecule has 0 aliphatic carbocycles. The number of hydrogen-bond donors (Lipinski definition) is 2. The van der Waals surface area contributed by atoms with Crippen LogP contribution in [0.15, 0.2) is 28.7 Å². The van der Waals surface area contributed by atoms with Crippen molar-refractivity contribution in [1.82, 2.24) is 5.32 Å². The van der Waals surface area contributed by atoms with Crippen molar-refractivity contribution in [2.24, 2.45) is 0 Å². The number of aryl methyl sites for hydroxylation is 2. The highest BCUT2D eigenvalue weighted by Crippen LogP contribution is 2.25. The van der Waals surface area contributed by atoms with E-state index in [-0.39, 0.29) is 22.7 Å². The molecule has 4 nitrogen and oxygen atoms in total. The summed E-state index contributed by atoms with van der Waals surface area (Å²) in [7, 11) is 0. The van der Waals surface area contributed by atoms with Gasteiger partial charge in [-0.05, 0) is 45.0 Å². The summed E-state index contributed by atoms with van der Waals surface area (Å²) in [6.45, 7) is 5.62. The first kappa shape index (κ1) is 14.5. The van der Waals surface area contributed by atoms with Crippen LogP contribution in [-0.2, 0) is 0 Å². The molecule has 0 saturated heterocycles. The van der Waals surface area contributed by atoms with Crippen LogP contribution in [0.25, 0.3) is 0 Å². The van der Waals surface area contributed by atoms with Crippen LogP contribution in [0.1, 0.15) is 40.4 Å². The van der Waals surface area contributed by atoms with E-state index in [4.69, 9.17) is 16.0 Å². The molecule has 20 heavy (non-hydrogen) atoms. The highest BCUT2D eigenvalue weighted by atomic mass is 35.5.